The average molecular weight is 291 g/mol. The van der Waals surface area contributed by atoms with E-state index in [4.69, 9.17) is 11.6 Å². The van der Waals surface area contributed by atoms with Crippen molar-refractivity contribution in [3.05, 3.63) is 47.8 Å². The van der Waals surface area contributed by atoms with E-state index in [1.165, 1.54) is 0 Å². The summed E-state index contributed by atoms with van der Waals surface area (Å²) in [7, 11) is 0. The molecule has 2 aromatic rings. The summed E-state index contributed by atoms with van der Waals surface area (Å²) < 4.78 is 2.06. The van der Waals surface area contributed by atoms with Gasteiger partial charge in [0.2, 0.25) is 0 Å². The van der Waals surface area contributed by atoms with Crippen LogP contribution in [0.4, 0.5) is 0 Å². The lowest BCUT2D eigenvalue weighted by molar-refractivity contribution is 0.0924. The van der Waals surface area contributed by atoms with Crippen LogP contribution in [0.2, 0.25) is 5.02 Å². The third-order valence-corrected chi connectivity index (χ3v) is 3.89. The molecule has 1 aliphatic rings. The molecule has 0 saturated heterocycles. The topological polar surface area (TPSA) is 59.8 Å². The highest BCUT2D eigenvalue weighted by Gasteiger charge is 2.30. The molecule has 2 atom stereocenters. The first-order chi connectivity index (χ1) is 9.74. The van der Waals surface area contributed by atoms with E-state index in [2.05, 4.69) is 19.9 Å². The third kappa shape index (κ3) is 2.67. The fraction of sp³-hybridized carbons (Fsp3) is 0.357. The van der Waals surface area contributed by atoms with E-state index in [0.717, 1.165) is 19.3 Å². The van der Waals surface area contributed by atoms with E-state index in [1.807, 2.05) is 6.20 Å². The Bertz CT molecular complexity index is 599. The maximum atomic E-state index is 12.2. The highest BCUT2D eigenvalue weighted by Crippen LogP contribution is 2.30. The highest BCUT2D eigenvalue weighted by atomic mass is 35.5. The van der Waals surface area contributed by atoms with Crippen LogP contribution in [0.15, 0.2) is 37.1 Å². The fourth-order valence-electron chi connectivity index (χ4n) is 2.70. The molecule has 1 amide bonds. The summed E-state index contributed by atoms with van der Waals surface area (Å²) in [6.07, 6.45) is 10.1. The van der Waals surface area contributed by atoms with E-state index in [9.17, 15) is 4.79 Å². The molecule has 1 fully saturated rings. The predicted molar refractivity (Wildman–Crippen MR) is 75.6 cm³/mol. The summed E-state index contributed by atoms with van der Waals surface area (Å²) in [6, 6.07) is 3.61. The Kier molecular flexibility index (Phi) is 3.69. The number of hydrogen-bond donors (Lipinski definition) is 1. The zero-order chi connectivity index (χ0) is 13.9. The van der Waals surface area contributed by atoms with Crippen LogP contribution in [0.1, 0.15) is 35.8 Å². The van der Waals surface area contributed by atoms with Crippen molar-refractivity contribution in [2.45, 2.75) is 31.3 Å². The van der Waals surface area contributed by atoms with E-state index in [0.29, 0.717) is 10.7 Å². The molecule has 3 rings (SSSR count). The van der Waals surface area contributed by atoms with Gasteiger partial charge in [0.1, 0.15) is 5.69 Å². The summed E-state index contributed by atoms with van der Waals surface area (Å²) in [5.74, 6) is -0.176. The Labute approximate surface area is 122 Å². The van der Waals surface area contributed by atoms with Crippen LogP contribution < -0.4 is 5.32 Å². The molecule has 0 radical (unpaired) electrons. The molecule has 1 saturated carbocycles. The molecule has 0 spiro atoms. The summed E-state index contributed by atoms with van der Waals surface area (Å²) in [5, 5.41) is 3.57. The van der Waals surface area contributed by atoms with E-state index < -0.39 is 0 Å². The molecule has 5 nitrogen and oxygen atoms in total. The molecule has 2 unspecified atom stereocenters. The number of rotatable bonds is 3. The molecule has 2 aromatic heterocycles. The van der Waals surface area contributed by atoms with Crippen molar-refractivity contribution in [1.82, 2.24) is 19.9 Å². The number of carbonyl (C=O) groups is 1. The normalized spacial score (nSPS) is 21.9. The monoisotopic (exact) mass is 290 g/mol. The third-order valence-electron chi connectivity index (χ3n) is 3.66. The average Bonchev–Trinajstić information content (AvgIpc) is 3.08. The molecule has 0 bridgehead atoms. The van der Waals surface area contributed by atoms with Crippen molar-refractivity contribution in [3.63, 3.8) is 0 Å². The van der Waals surface area contributed by atoms with Gasteiger partial charge in [0, 0.05) is 29.7 Å². The van der Waals surface area contributed by atoms with Crippen LogP contribution in [0.5, 0.6) is 0 Å². The van der Waals surface area contributed by atoms with E-state index in [-0.39, 0.29) is 18.0 Å². The number of pyridine rings is 1. The molecule has 0 aliphatic heterocycles. The number of carbonyl (C=O) groups excluding carboxylic acids is 1. The Balaban J connectivity index is 1.72. The maximum Gasteiger partial charge on any atom is 0.270 e. The Morgan fingerprint density at radius 3 is 3.05 bits per heavy atom. The van der Waals surface area contributed by atoms with Crippen molar-refractivity contribution in [2.24, 2.45) is 0 Å². The second-order valence-corrected chi connectivity index (χ2v) is 5.38. The number of halogens is 1. The SMILES string of the molecule is O=C(NC1CCCC1n1ccnc1)c1cc(Cl)ccn1. The first-order valence-corrected chi connectivity index (χ1v) is 7.02. The van der Waals surface area contributed by atoms with Crippen LogP contribution in [-0.2, 0) is 0 Å². The Morgan fingerprint density at radius 2 is 2.30 bits per heavy atom. The number of amides is 1. The minimum absolute atomic E-state index is 0.109. The molecule has 2 heterocycles. The second-order valence-electron chi connectivity index (χ2n) is 4.95. The van der Waals surface area contributed by atoms with Gasteiger partial charge in [-0.15, -0.1) is 0 Å². The molecule has 6 heteroatoms. The van der Waals surface area contributed by atoms with Crippen LogP contribution >= 0.6 is 11.6 Å². The fourth-order valence-corrected chi connectivity index (χ4v) is 2.86. The molecule has 20 heavy (non-hydrogen) atoms. The van der Waals surface area contributed by atoms with Gasteiger partial charge in [-0.25, -0.2) is 4.98 Å². The van der Waals surface area contributed by atoms with Crippen molar-refractivity contribution in [1.29, 1.82) is 0 Å². The Morgan fingerprint density at radius 1 is 1.40 bits per heavy atom. The molecule has 104 valence electrons. The van der Waals surface area contributed by atoms with Crippen LogP contribution in [-0.4, -0.2) is 26.5 Å². The summed E-state index contributed by atoms with van der Waals surface area (Å²) in [6.45, 7) is 0. The molecule has 1 N–H and O–H groups in total. The lowest BCUT2D eigenvalue weighted by atomic mass is 10.1. The number of nitrogens with zero attached hydrogens (tertiary/aromatic N) is 3. The summed E-state index contributed by atoms with van der Waals surface area (Å²) >= 11 is 5.88. The largest absolute Gasteiger partial charge is 0.346 e. The van der Waals surface area contributed by atoms with Crippen LogP contribution in [0.25, 0.3) is 0 Å². The smallest absolute Gasteiger partial charge is 0.270 e. The Hall–Kier alpha value is -1.88. The van der Waals surface area contributed by atoms with Crippen LogP contribution in [0, 0.1) is 0 Å². The number of aromatic nitrogens is 3. The second kappa shape index (κ2) is 5.63. The summed E-state index contributed by atoms with van der Waals surface area (Å²) in [5.41, 5.74) is 0.355. The standard InChI is InChI=1S/C14H15ClN4O/c15-10-4-5-17-12(8-10)14(20)18-11-2-1-3-13(11)19-7-6-16-9-19/h4-9,11,13H,1-3H2,(H,18,20). The van der Waals surface area contributed by atoms with E-state index in [1.54, 1.807) is 30.9 Å². The van der Waals surface area contributed by atoms with Gasteiger partial charge in [0.05, 0.1) is 12.4 Å². The number of hydrogen-bond acceptors (Lipinski definition) is 3. The molecular weight excluding hydrogens is 276 g/mol. The zero-order valence-corrected chi connectivity index (χ0v) is 11.6. The molecular formula is C14H15ClN4O. The van der Waals surface area contributed by atoms with Gasteiger partial charge in [-0.05, 0) is 31.4 Å². The van der Waals surface area contributed by atoms with Gasteiger partial charge in [0.15, 0.2) is 0 Å². The van der Waals surface area contributed by atoms with Crippen molar-refractivity contribution in [2.75, 3.05) is 0 Å². The lowest BCUT2D eigenvalue weighted by Crippen LogP contribution is -2.38. The van der Waals surface area contributed by atoms with Gasteiger partial charge in [-0.1, -0.05) is 11.6 Å². The highest BCUT2D eigenvalue weighted by molar-refractivity contribution is 6.30. The van der Waals surface area contributed by atoms with Gasteiger partial charge in [-0.3, -0.25) is 9.78 Å². The van der Waals surface area contributed by atoms with Crippen LogP contribution in [0.3, 0.4) is 0 Å². The van der Waals surface area contributed by atoms with Gasteiger partial charge < -0.3 is 9.88 Å². The lowest BCUT2D eigenvalue weighted by Gasteiger charge is -2.22. The van der Waals surface area contributed by atoms with Gasteiger partial charge in [0.25, 0.3) is 5.91 Å². The number of nitrogens with one attached hydrogen (secondary N) is 1. The minimum Gasteiger partial charge on any atom is -0.346 e. The molecule has 0 aromatic carbocycles. The first-order valence-electron chi connectivity index (χ1n) is 6.64. The summed E-state index contributed by atoms with van der Waals surface area (Å²) in [4.78, 5) is 20.3. The first kappa shape index (κ1) is 13.1. The molecule has 1 aliphatic carbocycles. The van der Waals surface area contributed by atoms with Crippen molar-refractivity contribution >= 4 is 17.5 Å². The van der Waals surface area contributed by atoms with E-state index >= 15 is 0 Å². The van der Waals surface area contributed by atoms with Crippen molar-refractivity contribution < 1.29 is 4.79 Å². The van der Waals surface area contributed by atoms with Gasteiger partial charge >= 0.3 is 0 Å². The minimum atomic E-state index is -0.176. The maximum absolute atomic E-state index is 12.2. The van der Waals surface area contributed by atoms with Crippen molar-refractivity contribution in [3.8, 4) is 0 Å². The quantitative estimate of drug-likeness (QED) is 0.944. The zero-order valence-electron chi connectivity index (χ0n) is 10.9. The number of imidazole rings is 1. The predicted octanol–water partition coefficient (Wildman–Crippen LogP) is 2.46. The van der Waals surface area contributed by atoms with Gasteiger partial charge in [-0.2, -0.15) is 0 Å².